The van der Waals surface area contributed by atoms with E-state index >= 15 is 0 Å². The molecule has 1 fully saturated rings. The molecule has 1 aliphatic rings. The number of amides is 1. The molecule has 0 aromatic heterocycles. The number of benzene rings is 2. The number of hydrogen-bond acceptors (Lipinski definition) is 4. The van der Waals surface area contributed by atoms with Gasteiger partial charge in [0.2, 0.25) is 5.91 Å². The van der Waals surface area contributed by atoms with E-state index in [1.54, 1.807) is 0 Å². The average Bonchev–Trinajstić information content (AvgIpc) is 2.78. The van der Waals surface area contributed by atoms with E-state index in [-0.39, 0.29) is 11.9 Å². The molecule has 0 spiro atoms. The van der Waals surface area contributed by atoms with Gasteiger partial charge in [0.1, 0.15) is 6.04 Å². The lowest BCUT2D eigenvalue weighted by molar-refractivity contribution is -0.143. The molecule has 1 aliphatic carbocycles. The van der Waals surface area contributed by atoms with E-state index in [0.29, 0.717) is 6.42 Å². The summed E-state index contributed by atoms with van der Waals surface area (Å²) in [7, 11) is 1.37. The Morgan fingerprint density at radius 1 is 0.966 bits per heavy atom. The van der Waals surface area contributed by atoms with Crippen molar-refractivity contribution in [1.29, 1.82) is 0 Å². The predicted molar refractivity (Wildman–Crippen MR) is 113 cm³/mol. The third-order valence-electron chi connectivity index (χ3n) is 5.49. The SMILES string of the molecule is COC(=O)[C@@H](NC(Cc1ccccc1)C(=O)NC1CCCCC1)c1ccccc1. The van der Waals surface area contributed by atoms with Gasteiger partial charge in [-0.1, -0.05) is 79.9 Å². The van der Waals surface area contributed by atoms with Crippen molar-refractivity contribution >= 4 is 11.9 Å². The van der Waals surface area contributed by atoms with E-state index in [1.165, 1.54) is 13.5 Å². The normalized spacial score (nSPS) is 16.6. The first-order valence-electron chi connectivity index (χ1n) is 10.4. The molecule has 1 unspecified atom stereocenters. The minimum absolute atomic E-state index is 0.0643. The zero-order chi connectivity index (χ0) is 20.5. The van der Waals surface area contributed by atoms with Crippen LogP contribution in [0.15, 0.2) is 60.7 Å². The molecule has 5 nitrogen and oxygen atoms in total. The van der Waals surface area contributed by atoms with Gasteiger partial charge >= 0.3 is 5.97 Å². The van der Waals surface area contributed by atoms with E-state index in [4.69, 9.17) is 4.74 Å². The first kappa shape index (κ1) is 21.1. The largest absolute Gasteiger partial charge is 0.468 e. The van der Waals surface area contributed by atoms with Crippen molar-refractivity contribution in [2.75, 3.05) is 7.11 Å². The zero-order valence-corrected chi connectivity index (χ0v) is 17.0. The molecule has 0 radical (unpaired) electrons. The van der Waals surface area contributed by atoms with Crippen molar-refractivity contribution in [3.8, 4) is 0 Å². The molecule has 154 valence electrons. The van der Waals surface area contributed by atoms with E-state index in [9.17, 15) is 9.59 Å². The van der Waals surface area contributed by atoms with Crippen molar-refractivity contribution in [3.63, 3.8) is 0 Å². The Kier molecular flexibility index (Phi) is 7.82. The fourth-order valence-electron chi connectivity index (χ4n) is 3.89. The van der Waals surface area contributed by atoms with Crippen LogP contribution in [0.1, 0.15) is 49.3 Å². The highest BCUT2D eigenvalue weighted by atomic mass is 16.5. The Morgan fingerprint density at radius 3 is 2.21 bits per heavy atom. The molecule has 1 amide bonds. The molecule has 0 bridgehead atoms. The van der Waals surface area contributed by atoms with Crippen LogP contribution in [0.4, 0.5) is 0 Å². The second-order valence-electron chi connectivity index (χ2n) is 7.62. The molecule has 0 aliphatic heterocycles. The van der Waals surface area contributed by atoms with Gasteiger partial charge in [-0.15, -0.1) is 0 Å². The van der Waals surface area contributed by atoms with Crippen molar-refractivity contribution in [3.05, 3.63) is 71.8 Å². The fraction of sp³-hybridized carbons (Fsp3) is 0.417. The number of carbonyl (C=O) groups excluding carboxylic acids is 2. The summed E-state index contributed by atoms with van der Waals surface area (Å²) in [5, 5.41) is 6.47. The van der Waals surface area contributed by atoms with Crippen LogP contribution in [0.25, 0.3) is 0 Å². The van der Waals surface area contributed by atoms with Gasteiger partial charge in [0.25, 0.3) is 0 Å². The highest BCUT2D eigenvalue weighted by Crippen LogP contribution is 2.19. The molecule has 2 aromatic rings. The van der Waals surface area contributed by atoms with E-state index in [2.05, 4.69) is 10.6 Å². The summed E-state index contributed by atoms with van der Waals surface area (Å²) in [5.41, 5.74) is 1.82. The molecular weight excluding hydrogens is 364 g/mol. The Hall–Kier alpha value is -2.66. The lowest BCUT2D eigenvalue weighted by atomic mass is 9.94. The zero-order valence-electron chi connectivity index (χ0n) is 17.0. The van der Waals surface area contributed by atoms with Crippen LogP contribution in [0.2, 0.25) is 0 Å². The number of nitrogens with one attached hydrogen (secondary N) is 2. The van der Waals surface area contributed by atoms with Crippen LogP contribution in [0.5, 0.6) is 0 Å². The molecule has 2 aromatic carbocycles. The standard InChI is InChI=1S/C24H30N2O3/c1-29-24(28)22(19-13-7-3-8-14-19)26-21(17-18-11-5-2-6-12-18)23(27)25-20-15-9-4-10-16-20/h2-3,5-8,11-14,20-22,26H,4,9-10,15-17H2,1H3,(H,25,27)/t21?,22-/m0/s1. The summed E-state index contributed by atoms with van der Waals surface area (Å²) >= 11 is 0. The third-order valence-corrected chi connectivity index (χ3v) is 5.49. The van der Waals surface area contributed by atoms with E-state index in [1.807, 2.05) is 60.7 Å². The highest BCUT2D eigenvalue weighted by Gasteiger charge is 2.29. The fourth-order valence-corrected chi connectivity index (χ4v) is 3.89. The lowest BCUT2D eigenvalue weighted by Crippen LogP contribution is -2.51. The maximum absolute atomic E-state index is 13.2. The number of carbonyl (C=O) groups is 2. The minimum Gasteiger partial charge on any atom is -0.468 e. The Morgan fingerprint density at radius 2 is 1.59 bits per heavy atom. The average molecular weight is 395 g/mol. The van der Waals surface area contributed by atoms with Crippen LogP contribution in [-0.4, -0.2) is 31.1 Å². The number of hydrogen-bond donors (Lipinski definition) is 2. The van der Waals surface area contributed by atoms with Gasteiger partial charge in [0, 0.05) is 6.04 Å². The number of ether oxygens (including phenoxy) is 1. The molecule has 2 atom stereocenters. The van der Waals surface area contributed by atoms with Gasteiger partial charge in [-0.3, -0.25) is 10.1 Å². The van der Waals surface area contributed by atoms with E-state index < -0.39 is 18.1 Å². The van der Waals surface area contributed by atoms with Gasteiger partial charge in [-0.05, 0) is 30.4 Å². The number of methoxy groups -OCH3 is 1. The molecule has 5 heteroatoms. The second kappa shape index (κ2) is 10.8. The molecule has 0 saturated heterocycles. The first-order valence-corrected chi connectivity index (χ1v) is 10.4. The summed E-state index contributed by atoms with van der Waals surface area (Å²) in [6, 6.07) is 18.2. The highest BCUT2D eigenvalue weighted by molar-refractivity contribution is 5.84. The van der Waals surface area contributed by atoms with Crippen LogP contribution in [-0.2, 0) is 20.7 Å². The van der Waals surface area contributed by atoms with Crippen molar-refractivity contribution < 1.29 is 14.3 Å². The van der Waals surface area contributed by atoms with Crippen molar-refractivity contribution in [2.45, 2.75) is 56.7 Å². The molecule has 2 N–H and O–H groups in total. The predicted octanol–water partition coefficient (Wildman–Crippen LogP) is 3.55. The molecule has 3 rings (SSSR count). The van der Waals surface area contributed by atoms with Gasteiger partial charge in [0.15, 0.2) is 0 Å². The van der Waals surface area contributed by atoms with Gasteiger partial charge in [-0.2, -0.15) is 0 Å². The summed E-state index contributed by atoms with van der Waals surface area (Å²) in [4.78, 5) is 25.7. The first-order chi connectivity index (χ1) is 14.2. The summed E-state index contributed by atoms with van der Waals surface area (Å²) in [5.74, 6) is -0.467. The monoisotopic (exact) mass is 394 g/mol. The topological polar surface area (TPSA) is 67.4 Å². The molecule has 0 heterocycles. The van der Waals surface area contributed by atoms with E-state index in [0.717, 1.165) is 36.8 Å². The Balaban J connectivity index is 1.80. The van der Waals surface area contributed by atoms with Crippen molar-refractivity contribution in [2.24, 2.45) is 0 Å². The van der Waals surface area contributed by atoms with Crippen LogP contribution < -0.4 is 10.6 Å². The molecular formula is C24H30N2O3. The van der Waals surface area contributed by atoms with Crippen LogP contribution in [0, 0.1) is 0 Å². The smallest absolute Gasteiger partial charge is 0.327 e. The minimum atomic E-state index is -0.702. The second-order valence-corrected chi connectivity index (χ2v) is 7.62. The maximum atomic E-state index is 13.2. The summed E-state index contributed by atoms with van der Waals surface area (Å²) in [6.07, 6.45) is 6.06. The summed E-state index contributed by atoms with van der Waals surface area (Å²) < 4.78 is 5.01. The molecule has 1 saturated carbocycles. The molecule has 29 heavy (non-hydrogen) atoms. The maximum Gasteiger partial charge on any atom is 0.327 e. The van der Waals surface area contributed by atoms with Crippen LogP contribution >= 0.6 is 0 Å². The third kappa shape index (κ3) is 6.16. The summed E-state index contributed by atoms with van der Waals surface area (Å²) in [6.45, 7) is 0. The van der Waals surface area contributed by atoms with Crippen molar-refractivity contribution in [1.82, 2.24) is 10.6 Å². The Labute approximate surface area is 172 Å². The Bertz CT molecular complexity index is 773. The number of esters is 1. The van der Waals surface area contributed by atoms with Gasteiger partial charge in [-0.25, -0.2) is 4.79 Å². The lowest BCUT2D eigenvalue weighted by Gasteiger charge is -2.28. The van der Waals surface area contributed by atoms with Crippen LogP contribution in [0.3, 0.4) is 0 Å². The van der Waals surface area contributed by atoms with Gasteiger partial charge in [0.05, 0.1) is 13.2 Å². The number of rotatable bonds is 8. The van der Waals surface area contributed by atoms with Gasteiger partial charge < -0.3 is 10.1 Å². The quantitative estimate of drug-likeness (QED) is 0.672.